The molecule has 0 spiro atoms. The fraction of sp³-hybridized carbons (Fsp3) is 0.494. The lowest BCUT2D eigenvalue weighted by Gasteiger charge is -2.54. The van der Waals surface area contributed by atoms with Crippen molar-refractivity contribution in [3.8, 4) is 62.9 Å². The van der Waals surface area contributed by atoms with Crippen LogP contribution in [0, 0.1) is 36.5 Å². The van der Waals surface area contributed by atoms with Crippen molar-refractivity contribution >= 4 is 65.0 Å². The summed E-state index contributed by atoms with van der Waals surface area (Å²) >= 11 is 7.32. The lowest BCUT2D eigenvalue weighted by molar-refractivity contribution is -0.333. The third-order valence-electron chi connectivity index (χ3n) is 25.0. The molecule has 7 aliphatic heterocycles. The van der Waals surface area contributed by atoms with Crippen molar-refractivity contribution in [3.63, 3.8) is 0 Å². The standard InChI is InChI=1S/C89H109ClN12O25/c1-38(2)22-55(94-7)80(112)101-71-73(107)45-11-16-59(39(3)23-45)123-61-31-49-32-62(77(61)127-87-78(76(110)75(109)63(37-103)125-87)126-65-36-89(5,92)79(111)40(4)121-65)124-60-17-12-46(30-54(60)90)74(108)72-86(118)100-70(84(116)97-67-47-25-42-24-43(27-47)28-48(67)26-42)53-33-51(122-88(119)95-19-18-41-8-13-50(14-9-41)120-21-20-93-6)34-58(105)66(53)52-29-44(10-15-57(52)104)68(82(114)102-72)99-83(115)69(49)98-81(113)56(35-64(91)106)96-85(71)117/h8-17,23,29-34,38,40,42-43,47-48,55-56,63,65,67-76,78-79,87,93-94,103-105,107-111H,18-22,24-28,35-37,92H2,1-7H3,(H2,91,106)(H,95,119)(H,96,117)(H,97,116)(H,98,113)(H,99,115)(H,100,118)(H,101,112)(H,102,114)/t40-,42?,43?,47?,48?,55+,56-,63+,65-,67?,68+,69+,70-,71+,72-,73+,74+,75+,76-,78+,79+,87-,89-/m0/s1. The number of nitrogens with two attached hydrogens (primary N) is 2. The number of hydrogen-bond donors (Lipinski definition) is 20. The Hall–Kier alpha value is -11.0. The van der Waals surface area contributed by atoms with Crippen LogP contribution in [0.4, 0.5) is 4.79 Å². The summed E-state index contributed by atoms with van der Waals surface area (Å²) in [5.41, 5.74) is 10.0. The van der Waals surface area contributed by atoms with Gasteiger partial charge in [0, 0.05) is 48.3 Å². The van der Waals surface area contributed by atoms with E-state index in [2.05, 4.69) is 53.2 Å². The van der Waals surface area contributed by atoms with Gasteiger partial charge in [0.1, 0.15) is 108 Å². The van der Waals surface area contributed by atoms with Gasteiger partial charge in [0.25, 0.3) is 0 Å². The second kappa shape index (κ2) is 38.9. The van der Waals surface area contributed by atoms with Gasteiger partial charge in [-0.2, -0.15) is 0 Å². The molecule has 18 atom stereocenters. The Morgan fingerprint density at radius 1 is 0.677 bits per heavy atom. The van der Waals surface area contributed by atoms with Crippen LogP contribution in [-0.2, 0) is 59.0 Å². The van der Waals surface area contributed by atoms with E-state index in [0.717, 1.165) is 74.1 Å². The molecule has 37 nitrogen and oxygen atoms in total. The number of aliphatic hydroxyl groups is 6. The van der Waals surface area contributed by atoms with Crippen molar-refractivity contribution in [1.29, 1.82) is 0 Å². The number of phenols is 2. The fourth-order valence-electron chi connectivity index (χ4n) is 18.6. The largest absolute Gasteiger partial charge is 0.507 e. The molecular weight excluding hydrogens is 1670 g/mol. The molecule has 15 bridgehead atoms. The minimum atomic E-state index is -2.33. The Balaban J connectivity index is 0.938. The lowest BCUT2D eigenvalue weighted by atomic mass is 9.54. The Labute approximate surface area is 735 Å². The first-order chi connectivity index (χ1) is 60.5. The molecule has 2 saturated heterocycles. The quantitative estimate of drug-likeness (QED) is 0.0434. The number of carbonyl (C=O) groups is 9. The minimum absolute atomic E-state index is 0.0227. The summed E-state index contributed by atoms with van der Waals surface area (Å²) in [6.45, 7) is 8.39. The summed E-state index contributed by atoms with van der Waals surface area (Å²) in [5, 5.41) is 123. The van der Waals surface area contributed by atoms with Gasteiger partial charge in [-0.15, -0.1) is 0 Å². The third-order valence-corrected chi connectivity index (χ3v) is 25.3. The molecule has 22 N–H and O–H groups in total. The fourth-order valence-corrected chi connectivity index (χ4v) is 18.9. The molecule has 17 rings (SSSR count). The van der Waals surface area contributed by atoms with E-state index in [9.17, 15) is 55.2 Å². The SMILES string of the molecule is CNCCOc1ccc(CCNC(=O)Oc2cc(O)c3c(c2)[C@@H](C(=O)NC2C4CC5CC(C4)CC2C5)NC(=O)[C@H]2NC(=O)[C@H](NC(=O)[C@@H]4NC(=O)[C@H](CC(N)=O)NC(=O)[C@H](NC(=O)[C@@H](CC(C)C)NC)[C@H](O)c5ccc(c(C)c5)Oc5cc4cc(c5O[C@@H]4O[C@H](CO)[C@@H](O)[C@H](O)[C@H]4O[C@H]4C[C@](C)(N)[C@H](O)[C@H](C)O4)Oc4ccc(cc4Cl)[C@H]2O)c2ccc(O)c-3c2)cc1. The smallest absolute Gasteiger partial charge is 0.412 e. The maximum atomic E-state index is 16.6. The minimum Gasteiger partial charge on any atom is -0.507 e. The van der Waals surface area contributed by atoms with E-state index < -0.39 is 221 Å². The first kappa shape index (κ1) is 92.1. The molecule has 9 amide bonds. The average molecular weight is 1780 g/mol. The maximum absolute atomic E-state index is 16.6. The van der Waals surface area contributed by atoms with E-state index in [1.54, 1.807) is 19.2 Å². The Morgan fingerprint density at radius 2 is 1.33 bits per heavy atom. The van der Waals surface area contributed by atoms with Crippen LogP contribution in [0.1, 0.15) is 148 Å². The molecule has 6 aromatic carbocycles. The number of likely N-dealkylation sites (N-methyl/N-ethyl adjacent to an activating group) is 2. The zero-order chi connectivity index (χ0) is 90.9. The van der Waals surface area contributed by atoms with E-state index in [4.69, 9.17) is 61.0 Å². The third kappa shape index (κ3) is 20.4. The van der Waals surface area contributed by atoms with Gasteiger partial charge in [0.2, 0.25) is 59.3 Å². The molecule has 0 aromatic heterocycles. The zero-order valence-electron chi connectivity index (χ0n) is 70.8. The van der Waals surface area contributed by atoms with Gasteiger partial charge in [0.05, 0.1) is 36.3 Å². The number of fused-ring (bicyclic) bond motifs is 15. The van der Waals surface area contributed by atoms with Crippen LogP contribution in [0.15, 0.2) is 103 Å². The van der Waals surface area contributed by atoms with E-state index in [0.29, 0.717) is 37.2 Å². The molecule has 4 aliphatic carbocycles. The molecule has 38 heteroatoms. The zero-order valence-corrected chi connectivity index (χ0v) is 71.6. The molecule has 127 heavy (non-hydrogen) atoms. The Kier molecular flexibility index (Phi) is 28.2. The summed E-state index contributed by atoms with van der Waals surface area (Å²) in [6, 6.07) is 8.41. The number of ether oxygens (including phenoxy) is 8. The van der Waals surface area contributed by atoms with Gasteiger partial charge >= 0.3 is 6.09 Å². The Morgan fingerprint density at radius 3 is 1.98 bits per heavy atom. The second-order valence-electron chi connectivity index (χ2n) is 34.8. The first-order valence-electron chi connectivity index (χ1n) is 42.5. The van der Waals surface area contributed by atoms with Gasteiger partial charge in [-0.1, -0.05) is 55.8 Å². The number of halogens is 1. The van der Waals surface area contributed by atoms with Crippen LogP contribution in [0.5, 0.6) is 51.7 Å². The highest BCUT2D eigenvalue weighted by Crippen LogP contribution is 2.55. The van der Waals surface area contributed by atoms with Crippen molar-refractivity contribution in [2.45, 2.75) is 208 Å². The van der Waals surface area contributed by atoms with Crippen LogP contribution < -0.4 is 88.3 Å². The molecular formula is C89H109ClN12O25. The van der Waals surface area contributed by atoms with Crippen LogP contribution in [0.2, 0.25) is 5.02 Å². The van der Waals surface area contributed by atoms with Crippen molar-refractivity contribution < 1.29 is 122 Å². The number of carbonyl (C=O) groups excluding carboxylic acids is 9. The topological polar surface area (TPSA) is 562 Å². The number of primary amides is 1. The number of rotatable bonds is 22. The number of aliphatic hydroxyl groups excluding tert-OH is 6. The lowest BCUT2D eigenvalue weighted by Crippen LogP contribution is -2.64. The molecule has 6 fully saturated rings. The number of nitrogens with one attached hydrogen (secondary N) is 10. The van der Waals surface area contributed by atoms with Gasteiger partial charge in [-0.3, -0.25) is 38.4 Å². The van der Waals surface area contributed by atoms with Crippen molar-refractivity contribution in [1.82, 2.24) is 53.2 Å². The van der Waals surface area contributed by atoms with Crippen LogP contribution >= 0.6 is 11.6 Å². The van der Waals surface area contributed by atoms with Crippen molar-refractivity contribution in [3.05, 3.63) is 147 Å². The van der Waals surface area contributed by atoms with Crippen molar-refractivity contribution in [2.75, 3.05) is 40.4 Å². The van der Waals surface area contributed by atoms with E-state index >= 15 is 28.8 Å². The van der Waals surface area contributed by atoms with Crippen LogP contribution in [-0.4, -0.2) is 220 Å². The molecule has 0 radical (unpaired) electrons. The number of benzene rings is 6. The molecule has 4 saturated carbocycles. The number of aryl methyl sites for hydroxylation is 1. The van der Waals surface area contributed by atoms with E-state index in [1.165, 1.54) is 70.3 Å². The summed E-state index contributed by atoms with van der Waals surface area (Å²) in [6.07, 6.45) is -14.7. The van der Waals surface area contributed by atoms with Gasteiger partial charge in [0.15, 0.2) is 23.9 Å². The van der Waals surface area contributed by atoms with Crippen LogP contribution in [0.3, 0.4) is 0 Å². The van der Waals surface area contributed by atoms with Gasteiger partial charge in [-0.05, 0) is 215 Å². The molecule has 6 aromatic rings. The van der Waals surface area contributed by atoms with E-state index in [1.807, 2.05) is 26.0 Å². The highest BCUT2D eigenvalue weighted by atomic mass is 35.5. The number of phenolic OH excluding ortho intramolecular Hbond substituents is 2. The molecule has 0 unspecified atom stereocenters. The highest BCUT2D eigenvalue weighted by molar-refractivity contribution is 6.32. The maximum Gasteiger partial charge on any atom is 0.412 e. The van der Waals surface area contributed by atoms with Crippen molar-refractivity contribution in [2.24, 2.45) is 41.1 Å². The van der Waals surface area contributed by atoms with Crippen LogP contribution in [0.25, 0.3) is 11.1 Å². The molecule has 682 valence electrons. The Bertz CT molecular complexity index is 5110. The highest BCUT2D eigenvalue weighted by Gasteiger charge is 2.53. The summed E-state index contributed by atoms with van der Waals surface area (Å²) in [4.78, 5) is 137. The monoisotopic (exact) mass is 1780 g/mol. The number of hydrogen-bond acceptors (Lipinski definition) is 28. The van der Waals surface area contributed by atoms with E-state index in [-0.39, 0.29) is 93.3 Å². The normalized spacial score (nSPS) is 30.0. The second-order valence-corrected chi connectivity index (χ2v) is 35.2. The average Bonchev–Trinajstić information content (AvgIpc) is 0.759. The first-order valence-corrected chi connectivity index (χ1v) is 42.9. The summed E-state index contributed by atoms with van der Waals surface area (Å²) in [7, 11) is 3.31. The summed E-state index contributed by atoms with van der Waals surface area (Å²) in [5.74, 6) is -12.0. The predicted octanol–water partition coefficient (Wildman–Crippen LogP) is 2.84. The summed E-state index contributed by atoms with van der Waals surface area (Å²) < 4.78 is 50.9. The van der Waals surface area contributed by atoms with Gasteiger partial charge < -0.3 is 143 Å². The number of amides is 9. The molecule has 7 heterocycles. The molecule has 11 aliphatic rings. The predicted molar refractivity (Wildman–Crippen MR) is 452 cm³/mol. The van der Waals surface area contributed by atoms with Gasteiger partial charge in [-0.25, -0.2) is 4.79 Å². The number of aromatic hydroxyl groups is 2.